The Kier molecular flexibility index (Phi) is 3.16. The molecule has 90 valence electrons. The van der Waals surface area contributed by atoms with Gasteiger partial charge in [0.1, 0.15) is 5.75 Å². The zero-order valence-electron chi connectivity index (χ0n) is 9.11. The number of phenols is 1. The average molecular weight is 253 g/mol. The van der Waals surface area contributed by atoms with E-state index in [2.05, 4.69) is 0 Å². The van der Waals surface area contributed by atoms with Gasteiger partial charge < -0.3 is 5.11 Å². The zero-order valence-corrected chi connectivity index (χ0v) is 9.87. The number of hydrogen-bond donors (Lipinski definition) is 1. The van der Waals surface area contributed by atoms with Gasteiger partial charge in [0.05, 0.1) is 5.41 Å². The average Bonchev–Trinajstić information content (AvgIpc) is 2.09. The number of hydrogen-bond acceptors (Lipinski definition) is 1. The molecule has 0 heterocycles. The molecule has 0 aliphatic carbocycles. The van der Waals surface area contributed by atoms with Crippen LogP contribution in [-0.4, -0.2) is 11.3 Å². The minimum absolute atomic E-state index is 0.0306. The fraction of sp³-hybridized carbons (Fsp3) is 0.455. The highest BCUT2D eigenvalue weighted by molar-refractivity contribution is 6.31. The number of rotatable bonds is 1. The van der Waals surface area contributed by atoms with E-state index < -0.39 is 11.6 Å². The Labute approximate surface area is 96.9 Å². The van der Waals surface area contributed by atoms with Gasteiger partial charge in [-0.1, -0.05) is 17.7 Å². The summed E-state index contributed by atoms with van der Waals surface area (Å²) in [6.45, 7) is 3.65. The van der Waals surface area contributed by atoms with Crippen molar-refractivity contribution in [3.8, 4) is 5.75 Å². The second-order valence-electron chi connectivity index (χ2n) is 4.24. The first-order chi connectivity index (χ1) is 7.07. The molecule has 0 aromatic heterocycles. The molecule has 1 rings (SSSR count). The minimum atomic E-state index is -4.39. The van der Waals surface area contributed by atoms with Crippen LogP contribution in [0.15, 0.2) is 12.1 Å². The molecule has 1 aromatic carbocycles. The van der Waals surface area contributed by atoms with Gasteiger partial charge in [0.25, 0.3) is 0 Å². The fourth-order valence-electron chi connectivity index (χ4n) is 1.30. The van der Waals surface area contributed by atoms with Crippen molar-refractivity contribution in [2.45, 2.75) is 32.4 Å². The SMILES string of the molecule is Cc1cc(C(C)(C)C(F)(F)F)c(Cl)cc1O. The third kappa shape index (κ3) is 2.12. The highest BCUT2D eigenvalue weighted by Gasteiger charge is 2.49. The Morgan fingerprint density at radius 1 is 1.19 bits per heavy atom. The van der Waals surface area contributed by atoms with Crippen LogP contribution in [-0.2, 0) is 5.41 Å². The van der Waals surface area contributed by atoms with Crippen molar-refractivity contribution in [3.05, 3.63) is 28.3 Å². The van der Waals surface area contributed by atoms with E-state index in [9.17, 15) is 18.3 Å². The zero-order chi connectivity index (χ0) is 12.7. The summed E-state index contributed by atoms with van der Waals surface area (Å²) in [5.41, 5.74) is -1.70. The lowest BCUT2D eigenvalue weighted by atomic mass is 9.83. The topological polar surface area (TPSA) is 20.2 Å². The summed E-state index contributed by atoms with van der Waals surface area (Å²) >= 11 is 5.73. The minimum Gasteiger partial charge on any atom is -0.508 e. The van der Waals surface area contributed by atoms with E-state index in [1.165, 1.54) is 13.0 Å². The highest BCUT2D eigenvalue weighted by atomic mass is 35.5. The number of alkyl halides is 3. The third-order valence-corrected chi connectivity index (χ3v) is 2.98. The molecule has 0 bridgehead atoms. The van der Waals surface area contributed by atoms with Gasteiger partial charge in [-0.05, 0) is 38.0 Å². The second kappa shape index (κ2) is 3.84. The Morgan fingerprint density at radius 3 is 2.12 bits per heavy atom. The Morgan fingerprint density at radius 2 is 1.69 bits per heavy atom. The summed E-state index contributed by atoms with van der Waals surface area (Å²) in [5.74, 6) is -0.105. The van der Waals surface area contributed by atoms with Crippen LogP contribution in [0.1, 0.15) is 25.0 Å². The van der Waals surface area contributed by atoms with Gasteiger partial charge in [0, 0.05) is 5.02 Å². The van der Waals surface area contributed by atoms with Crippen LogP contribution in [0.4, 0.5) is 13.2 Å². The maximum Gasteiger partial charge on any atom is 0.397 e. The standard InChI is InChI=1S/C11H12ClF3O/c1-6-4-7(8(12)5-9(6)16)10(2,3)11(13,14)15/h4-5,16H,1-3H3. The molecule has 16 heavy (non-hydrogen) atoms. The maximum absolute atomic E-state index is 12.8. The van der Waals surface area contributed by atoms with Crippen molar-refractivity contribution >= 4 is 11.6 Å². The summed E-state index contributed by atoms with van der Waals surface area (Å²) in [6, 6.07) is 2.41. The van der Waals surface area contributed by atoms with Crippen LogP contribution < -0.4 is 0 Å². The van der Waals surface area contributed by atoms with Crippen molar-refractivity contribution in [2.75, 3.05) is 0 Å². The van der Waals surface area contributed by atoms with Gasteiger partial charge in [-0.25, -0.2) is 0 Å². The Balaban J connectivity index is 3.39. The van der Waals surface area contributed by atoms with Crippen molar-refractivity contribution in [2.24, 2.45) is 0 Å². The molecular weight excluding hydrogens is 241 g/mol. The number of aromatic hydroxyl groups is 1. The molecule has 0 fully saturated rings. The predicted molar refractivity (Wildman–Crippen MR) is 56.9 cm³/mol. The number of phenolic OH excluding ortho intramolecular Hbond substituents is 1. The van der Waals surface area contributed by atoms with Gasteiger partial charge >= 0.3 is 6.18 Å². The van der Waals surface area contributed by atoms with E-state index in [1.54, 1.807) is 0 Å². The van der Waals surface area contributed by atoms with Gasteiger partial charge in [0.15, 0.2) is 0 Å². The molecule has 0 aliphatic heterocycles. The molecule has 0 aliphatic rings. The summed E-state index contributed by atoms with van der Waals surface area (Å²) in [7, 11) is 0. The molecule has 0 atom stereocenters. The van der Waals surface area contributed by atoms with E-state index in [-0.39, 0.29) is 16.3 Å². The van der Waals surface area contributed by atoms with Crippen LogP contribution in [0, 0.1) is 6.92 Å². The Hall–Kier alpha value is -0.900. The van der Waals surface area contributed by atoms with E-state index in [1.807, 2.05) is 0 Å². The first kappa shape index (κ1) is 13.2. The number of halogens is 4. The van der Waals surface area contributed by atoms with Crippen LogP contribution in [0.5, 0.6) is 5.75 Å². The molecule has 0 radical (unpaired) electrons. The predicted octanol–water partition coefficient (Wildman–Crippen LogP) is 4.19. The summed E-state index contributed by atoms with van der Waals surface area (Å²) in [5, 5.41) is 9.25. The number of aryl methyl sites for hydroxylation is 1. The molecule has 0 unspecified atom stereocenters. The highest BCUT2D eigenvalue weighted by Crippen LogP contribution is 2.44. The molecule has 0 spiro atoms. The van der Waals surface area contributed by atoms with Crippen LogP contribution in [0.3, 0.4) is 0 Å². The monoisotopic (exact) mass is 252 g/mol. The van der Waals surface area contributed by atoms with Crippen molar-refractivity contribution in [3.63, 3.8) is 0 Å². The van der Waals surface area contributed by atoms with Crippen LogP contribution in [0.25, 0.3) is 0 Å². The molecule has 0 saturated heterocycles. The first-order valence-electron chi connectivity index (χ1n) is 4.63. The van der Waals surface area contributed by atoms with Gasteiger partial charge in [-0.15, -0.1) is 0 Å². The van der Waals surface area contributed by atoms with E-state index in [4.69, 9.17) is 11.6 Å². The smallest absolute Gasteiger partial charge is 0.397 e. The molecule has 5 heteroatoms. The quantitative estimate of drug-likeness (QED) is 0.794. The summed E-state index contributed by atoms with van der Waals surface area (Å²) < 4.78 is 38.4. The van der Waals surface area contributed by atoms with Crippen LogP contribution >= 0.6 is 11.6 Å². The largest absolute Gasteiger partial charge is 0.508 e. The van der Waals surface area contributed by atoms with E-state index in [0.717, 1.165) is 19.9 Å². The van der Waals surface area contributed by atoms with Gasteiger partial charge in [-0.2, -0.15) is 13.2 Å². The molecule has 1 aromatic rings. The van der Waals surface area contributed by atoms with Gasteiger partial charge in [-0.3, -0.25) is 0 Å². The lowest BCUT2D eigenvalue weighted by Gasteiger charge is -2.29. The molecule has 0 saturated carbocycles. The summed E-state index contributed by atoms with van der Waals surface area (Å²) in [4.78, 5) is 0. The lowest BCUT2D eigenvalue weighted by Crippen LogP contribution is -2.36. The third-order valence-electron chi connectivity index (χ3n) is 2.67. The molecule has 1 nitrogen and oxygen atoms in total. The lowest BCUT2D eigenvalue weighted by molar-refractivity contribution is -0.180. The molecular formula is C11H12ClF3O. The van der Waals surface area contributed by atoms with Crippen molar-refractivity contribution < 1.29 is 18.3 Å². The molecule has 0 amide bonds. The fourth-order valence-corrected chi connectivity index (χ4v) is 1.70. The number of benzene rings is 1. The first-order valence-corrected chi connectivity index (χ1v) is 5.01. The van der Waals surface area contributed by atoms with Crippen molar-refractivity contribution in [1.29, 1.82) is 0 Å². The van der Waals surface area contributed by atoms with Crippen molar-refractivity contribution in [1.82, 2.24) is 0 Å². The van der Waals surface area contributed by atoms with Crippen LogP contribution in [0.2, 0.25) is 5.02 Å². The summed E-state index contributed by atoms with van der Waals surface area (Å²) in [6.07, 6.45) is -4.39. The van der Waals surface area contributed by atoms with Gasteiger partial charge in [0.2, 0.25) is 0 Å². The maximum atomic E-state index is 12.8. The van der Waals surface area contributed by atoms with E-state index in [0.29, 0.717) is 5.56 Å². The second-order valence-corrected chi connectivity index (χ2v) is 4.65. The Bertz CT molecular complexity index is 410. The molecule has 1 N–H and O–H groups in total. The van der Waals surface area contributed by atoms with E-state index >= 15 is 0 Å². The normalized spacial score (nSPS) is 12.9.